The third-order valence-electron chi connectivity index (χ3n) is 2.58. The van der Waals surface area contributed by atoms with E-state index in [0.29, 0.717) is 0 Å². The molecule has 1 aromatic rings. The van der Waals surface area contributed by atoms with Crippen LogP contribution in [-0.4, -0.2) is 19.4 Å². The number of methoxy groups -OCH3 is 1. The summed E-state index contributed by atoms with van der Waals surface area (Å²) in [7, 11) is 1.68. The molecule has 0 aliphatic rings. The molecular formula is C12H18ClNOS. The number of benzene rings is 1. The summed E-state index contributed by atoms with van der Waals surface area (Å²) in [5.41, 5.74) is 3.26. The van der Waals surface area contributed by atoms with Crippen molar-refractivity contribution in [2.75, 3.05) is 19.4 Å². The third kappa shape index (κ3) is 3.06. The Morgan fingerprint density at radius 1 is 1.44 bits per heavy atom. The van der Waals surface area contributed by atoms with Crippen LogP contribution in [0.2, 0.25) is 5.02 Å². The molecule has 0 atom stereocenters. The number of hydrogen-bond donors (Lipinski definition) is 2. The molecule has 2 nitrogen and oxygen atoms in total. The highest BCUT2D eigenvalue weighted by molar-refractivity contribution is 7.80. The Labute approximate surface area is 108 Å². The third-order valence-corrected chi connectivity index (χ3v) is 3.39. The molecule has 4 heteroatoms. The first-order chi connectivity index (χ1) is 7.61. The van der Waals surface area contributed by atoms with Crippen molar-refractivity contribution in [1.29, 1.82) is 0 Å². The molecule has 0 saturated carbocycles. The van der Waals surface area contributed by atoms with Gasteiger partial charge in [-0.25, -0.2) is 0 Å². The lowest BCUT2D eigenvalue weighted by Crippen LogP contribution is -2.17. The van der Waals surface area contributed by atoms with Gasteiger partial charge in [-0.1, -0.05) is 11.6 Å². The standard InChI is InChI=1S/C12H18ClNOS/c1-8-6-11(15-3)10(7-14-4-5-16)9(2)12(8)13/h6,14,16H,4-5,7H2,1-3H3. The van der Waals surface area contributed by atoms with E-state index in [1.165, 1.54) is 0 Å². The monoisotopic (exact) mass is 259 g/mol. The minimum atomic E-state index is 0.759. The summed E-state index contributed by atoms with van der Waals surface area (Å²) in [4.78, 5) is 0. The molecule has 0 unspecified atom stereocenters. The van der Waals surface area contributed by atoms with Gasteiger partial charge in [0.15, 0.2) is 0 Å². The van der Waals surface area contributed by atoms with Crippen molar-refractivity contribution >= 4 is 24.2 Å². The molecule has 0 aliphatic carbocycles. The van der Waals surface area contributed by atoms with Crippen LogP contribution in [-0.2, 0) is 6.54 Å². The van der Waals surface area contributed by atoms with Crippen molar-refractivity contribution in [2.45, 2.75) is 20.4 Å². The van der Waals surface area contributed by atoms with Gasteiger partial charge < -0.3 is 10.1 Å². The van der Waals surface area contributed by atoms with E-state index in [0.717, 1.165) is 46.3 Å². The molecular weight excluding hydrogens is 242 g/mol. The molecule has 0 amide bonds. The van der Waals surface area contributed by atoms with E-state index < -0.39 is 0 Å². The average molecular weight is 260 g/mol. The second kappa shape index (κ2) is 6.38. The van der Waals surface area contributed by atoms with Crippen molar-refractivity contribution in [3.05, 3.63) is 27.8 Å². The predicted molar refractivity (Wildman–Crippen MR) is 73.0 cm³/mol. The lowest BCUT2D eigenvalue weighted by Gasteiger charge is -2.15. The maximum atomic E-state index is 6.23. The fraction of sp³-hybridized carbons (Fsp3) is 0.500. The molecule has 0 radical (unpaired) electrons. The van der Waals surface area contributed by atoms with Crippen molar-refractivity contribution in [2.24, 2.45) is 0 Å². The summed E-state index contributed by atoms with van der Waals surface area (Å²) in [6.45, 7) is 5.64. The summed E-state index contributed by atoms with van der Waals surface area (Å²) in [5, 5.41) is 4.12. The molecule has 90 valence electrons. The number of halogens is 1. The number of hydrogen-bond acceptors (Lipinski definition) is 3. The van der Waals surface area contributed by atoms with E-state index in [4.69, 9.17) is 16.3 Å². The normalized spacial score (nSPS) is 10.6. The zero-order chi connectivity index (χ0) is 12.1. The van der Waals surface area contributed by atoms with E-state index in [2.05, 4.69) is 17.9 Å². The van der Waals surface area contributed by atoms with Gasteiger partial charge in [0.2, 0.25) is 0 Å². The van der Waals surface area contributed by atoms with Gasteiger partial charge in [0.25, 0.3) is 0 Å². The highest BCUT2D eigenvalue weighted by Gasteiger charge is 2.11. The number of thiol groups is 1. The van der Waals surface area contributed by atoms with Crippen molar-refractivity contribution in [3.8, 4) is 5.75 Å². The minimum Gasteiger partial charge on any atom is -0.496 e. The first-order valence-electron chi connectivity index (χ1n) is 5.26. The van der Waals surface area contributed by atoms with Crippen molar-refractivity contribution < 1.29 is 4.74 Å². The first-order valence-corrected chi connectivity index (χ1v) is 6.27. The van der Waals surface area contributed by atoms with E-state index in [1.54, 1.807) is 7.11 Å². The fourth-order valence-corrected chi connectivity index (χ4v) is 1.98. The lowest BCUT2D eigenvalue weighted by atomic mass is 10.0. The van der Waals surface area contributed by atoms with Crippen LogP contribution in [0.3, 0.4) is 0 Å². The molecule has 0 aromatic heterocycles. The van der Waals surface area contributed by atoms with Crippen molar-refractivity contribution in [1.82, 2.24) is 5.32 Å². The minimum absolute atomic E-state index is 0.759. The van der Waals surface area contributed by atoms with Crippen LogP contribution in [0.25, 0.3) is 0 Å². The molecule has 0 heterocycles. The van der Waals surface area contributed by atoms with Crippen LogP contribution in [0.1, 0.15) is 16.7 Å². The van der Waals surface area contributed by atoms with Crippen LogP contribution in [0.15, 0.2) is 6.07 Å². The molecule has 0 fully saturated rings. The van der Waals surface area contributed by atoms with Crippen molar-refractivity contribution in [3.63, 3.8) is 0 Å². The second-order valence-electron chi connectivity index (χ2n) is 3.71. The quantitative estimate of drug-likeness (QED) is 0.627. The Morgan fingerprint density at radius 3 is 2.69 bits per heavy atom. The summed E-state index contributed by atoms with van der Waals surface area (Å²) in [5.74, 6) is 1.71. The maximum Gasteiger partial charge on any atom is 0.123 e. The highest BCUT2D eigenvalue weighted by Crippen LogP contribution is 2.31. The second-order valence-corrected chi connectivity index (χ2v) is 4.54. The number of ether oxygens (including phenoxy) is 1. The zero-order valence-corrected chi connectivity index (χ0v) is 11.6. The smallest absolute Gasteiger partial charge is 0.123 e. The Kier molecular flexibility index (Phi) is 5.46. The summed E-state index contributed by atoms with van der Waals surface area (Å²) in [6, 6.07) is 1.98. The SMILES string of the molecule is COc1cc(C)c(Cl)c(C)c1CNCCS. The number of nitrogens with one attached hydrogen (secondary N) is 1. The summed E-state index contributed by atoms with van der Waals surface area (Å²) in [6.07, 6.45) is 0. The molecule has 1 rings (SSSR count). The van der Waals surface area contributed by atoms with E-state index in [-0.39, 0.29) is 0 Å². The Hall–Kier alpha value is -0.380. The number of aryl methyl sites for hydroxylation is 1. The fourth-order valence-electron chi connectivity index (χ4n) is 1.65. The van der Waals surface area contributed by atoms with E-state index >= 15 is 0 Å². The van der Waals surface area contributed by atoms with Crippen LogP contribution < -0.4 is 10.1 Å². The van der Waals surface area contributed by atoms with Gasteiger partial charge in [0.1, 0.15) is 5.75 Å². The summed E-state index contributed by atoms with van der Waals surface area (Å²) >= 11 is 10.4. The molecule has 1 aromatic carbocycles. The Balaban J connectivity index is 3.00. The lowest BCUT2D eigenvalue weighted by molar-refractivity contribution is 0.407. The Bertz CT molecular complexity index is 369. The van der Waals surface area contributed by atoms with Gasteiger partial charge in [0, 0.05) is 29.4 Å². The van der Waals surface area contributed by atoms with Crippen LogP contribution >= 0.6 is 24.2 Å². The first kappa shape index (κ1) is 13.7. The van der Waals surface area contributed by atoms with Crippen LogP contribution in [0, 0.1) is 13.8 Å². The van der Waals surface area contributed by atoms with E-state index in [1.807, 2.05) is 19.9 Å². The zero-order valence-electron chi connectivity index (χ0n) is 9.93. The highest BCUT2D eigenvalue weighted by atomic mass is 35.5. The topological polar surface area (TPSA) is 21.3 Å². The molecule has 0 saturated heterocycles. The molecule has 0 aliphatic heterocycles. The molecule has 16 heavy (non-hydrogen) atoms. The van der Waals surface area contributed by atoms with E-state index in [9.17, 15) is 0 Å². The van der Waals surface area contributed by atoms with Crippen LogP contribution in [0.4, 0.5) is 0 Å². The van der Waals surface area contributed by atoms with Gasteiger partial charge in [-0.15, -0.1) is 0 Å². The van der Waals surface area contributed by atoms with Gasteiger partial charge in [-0.2, -0.15) is 12.6 Å². The van der Waals surface area contributed by atoms with Crippen LogP contribution in [0.5, 0.6) is 5.75 Å². The predicted octanol–water partition coefficient (Wildman–Crippen LogP) is 2.98. The van der Waals surface area contributed by atoms with Gasteiger partial charge in [0.05, 0.1) is 7.11 Å². The molecule has 1 N–H and O–H groups in total. The van der Waals surface area contributed by atoms with Gasteiger partial charge in [-0.05, 0) is 31.0 Å². The summed E-state index contributed by atoms with van der Waals surface area (Å²) < 4.78 is 5.37. The number of rotatable bonds is 5. The average Bonchev–Trinajstić information content (AvgIpc) is 2.29. The molecule has 0 bridgehead atoms. The van der Waals surface area contributed by atoms with Gasteiger partial charge >= 0.3 is 0 Å². The molecule has 0 spiro atoms. The Morgan fingerprint density at radius 2 is 2.12 bits per heavy atom. The van der Waals surface area contributed by atoms with Gasteiger partial charge in [-0.3, -0.25) is 0 Å². The maximum absolute atomic E-state index is 6.23. The largest absolute Gasteiger partial charge is 0.496 e.